The van der Waals surface area contributed by atoms with Gasteiger partial charge in [-0.2, -0.15) is 0 Å². The average molecular weight is 523 g/mol. The van der Waals surface area contributed by atoms with Crippen molar-refractivity contribution < 1.29 is 9.18 Å². The number of nitrogens with one attached hydrogen (secondary N) is 1. The Balaban J connectivity index is 0.00000151. The molecule has 0 radical (unpaired) electrons. The van der Waals surface area contributed by atoms with E-state index in [1.165, 1.54) is 47.2 Å². The van der Waals surface area contributed by atoms with Crippen molar-refractivity contribution in [3.8, 4) is 0 Å². The SMILES string of the molecule is C=C1CN(C2CCC(c3ccc(C(=O)Nc4ccc(F)cc4)cc3C)C2)CCC12C=Cc1ccccc12.CC. The molecule has 6 rings (SSSR count). The first-order chi connectivity index (χ1) is 18.9. The first kappa shape index (κ1) is 27.1. The molecule has 1 heterocycles. The molecule has 3 atom stereocenters. The largest absolute Gasteiger partial charge is 0.322 e. The second-order valence-electron chi connectivity index (χ2n) is 10.9. The first-order valence-corrected chi connectivity index (χ1v) is 14.3. The number of amides is 1. The van der Waals surface area contributed by atoms with E-state index < -0.39 is 0 Å². The van der Waals surface area contributed by atoms with Crippen LogP contribution in [0.15, 0.2) is 85.0 Å². The lowest BCUT2D eigenvalue weighted by molar-refractivity contribution is 0.102. The van der Waals surface area contributed by atoms with Crippen molar-refractivity contribution in [1.29, 1.82) is 0 Å². The molecule has 3 aromatic rings. The van der Waals surface area contributed by atoms with Gasteiger partial charge in [0.25, 0.3) is 5.91 Å². The smallest absolute Gasteiger partial charge is 0.255 e. The number of fused-ring (bicyclic) bond motifs is 2. The Labute approximate surface area is 232 Å². The maximum absolute atomic E-state index is 13.2. The van der Waals surface area contributed by atoms with Crippen LogP contribution in [0.1, 0.15) is 78.1 Å². The van der Waals surface area contributed by atoms with Gasteiger partial charge in [0.1, 0.15) is 5.82 Å². The summed E-state index contributed by atoms with van der Waals surface area (Å²) in [6.45, 7) is 12.7. The third kappa shape index (κ3) is 5.23. The van der Waals surface area contributed by atoms with Crippen molar-refractivity contribution >= 4 is 17.7 Å². The van der Waals surface area contributed by atoms with E-state index in [-0.39, 0.29) is 17.1 Å². The molecule has 1 aliphatic heterocycles. The van der Waals surface area contributed by atoms with Crippen molar-refractivity contribution in [2.24, 2.45) is 0 Å². The summed E-state index contributed by atoms with van der Waals surface area (Å²) in [6, 6.07) is 21.2. The number of likely N-dealkylation sites (tertiary alicyclic amines) is 1. The van der Waals surface area contributed by atoms with E-state index in [4.69, 9.17) is 0 Å². The van der Waals surface area contributed by atoms with Crippen LogP contribution in [0, 0.1) is 12.7 Å². The number of rotatable bonds is 4. The zero-order valence-electron chi connectivity index (χ0n) is 23.3. The third-order valence-corrected chi connectivity index (χ3v) is 8.80. The Morgan fingerprint density at radius 1 is 1.05 bits per heavy atom. The summed E-state index contributed by atoms with van der Waals surface area (Å²) in [5.74, 6) is 0.0199. The van der Waals surface area contributed by atoms with Crippen LogP contribution in [0.3, 0.4) is 0 Å². The lowest BCUT2D eigenvalue weighted by atomic mass is 9.71. The number of benzene rings is 3. The average Bonchev–Trinajstić information content (AvgIpc) is 3.59. The fraction of sp³-hybridized carbons (Fsp3) is 0.343. The highest BCUT2D eigenvalue weighted by Gasteiger charge is 2.43. The van der Waals surface area contributed by atoms with Gasteiger partial charge in [-0.3, -0.25) is 9.69 Å². The molecular formula is C35H39FN2O. The summed E-state index contributed by atoms with van der Waals surface area (Å²) in [4.78, 5) is 15.4. The predicted octanol–water partition coefficient (Wildman–Crippen LogP) is 8.28. The second kappa shape index (κ2) is 11.3. The van der Waals surface area contributed by atoms with E-state index in [2.05, 4.69) is 66.2 Å². The van der Waals surface area contributed by atoms with Gasteiger partial charge in [-0.1, -0.05) is 62.9 Å². The van der Waals surface area contributed by atoms with E-state index >= 15 is 0 Å². The molecule has 39 heavy (non-hydrogen) atoms. The number of halogens is 1. The fourth-order valence-electron chi connectivity index (χ4n) is 6.75. The molecule has 1 saturated carbocycles. The molecule has 1 saturated heterocycles. The molecule has 4 heteroatoms. The van der Waals surface area contributed by atoms with E-state index in [1.807, 2.05) is 26.0 Å². The van der Waals surface area contributed by atoms with E-state index in [9.17, 15) is 9.18 Å². The highest BCUT2D eigenvalue weighted by atomic mass is 19.1. The van der Waals surface area contributed by atoms with Crippen LogP contribution >= 0.6 is 0 Å². The number of carbonyl (C=O) groups excluding carboxylic acids is 1. The molecule has 1 spiro atoms. The maximum Gasteiger partial charge on any atom is 0.255 e. The van der Waals surface area contributed by atoms with Crippen LogP contribution in [-0.4, -0.2) is 29.9 Å². The quantitative estimate of drug-likeness (QED) is 0.350. The Kier molecular flexibility index (Phi) is 7.86. The van der Waals surface area contributed by atoms with Crippen molar-refractivity contribution in [2.75, 3.05) is 18.4 Å². The third-order valence-electron chi connectivity index (χ3n) is 8.80. The second-order valence-corrected chi connectivity index (χ2v) is 10.9. The summed E-state index contributed by atoms with van der Waals surface area (Å²) >= 11 is 0. The number of allylic oxidation sites excluding steroid dienone is 1. The highest BCUT2D eigenvalue weighted by molar-refractivity contribution is 6.04. The molecule has 1 N–H and O–H groups in total. The highest BCUT2D eigenvalue weighted by Crippen LogP contribution is 2.48. The molecule has 2 aliphatic carbocycles. The van der Waals surface area contributed by atoms with Crippen LogP contribution in [0.2, 0.25) is 0 Å². The zero-order valence-corrected chi connectivity index (χ0v) is 23.3. The van der Waals surface area contributed by atoms with E-state index in [0.717, 1.165) is 31.5 Å². The molecule has 3 unspecified atom stereocenters. The van der Waals surface area contributed by atoms with Gasteiger partial charge in [-0.25, -0.2) is 4.39 Å². The van der Waals surface area contributed by atoms with Crippen molar-refractivity contribution in [1.82, 2.24) is 4.90 Å². The maximum atomic E-state index is 13.2. The molecule has 3 nitrogen and oxygen atoms in total. The summed E-state index contributed by atoms with van der Waals surface area (Å²) in [6.07, 6.45) is 9.26. The van der Waals surface area contributed by atoms with Crippen molar-refractivity contribution in [3.05, 3.63) is 119 Å². The molecule has 202 valence electrons. The zero-order chi connectivity index (χ0) is 27.6. The number of carbonyl (C=O) groups is 1. The van der Waals surface area contributed by atoms with Gasteiger partial charge in [0, 0.05) is 35.8 Å². The predicted molar refractivity (Wildman–Crippen MR) is 160 cm³/mol. The Bertz CT molecular complexity index is 1390. The molecule has 1 amide bonds. The van der Waals surface area contributed by atoms with Gasteiger partial charge in [0.05, 0.1) is 0 Å². The number of anilines is 1. The summed E-state index contributed by atoms with van der Waals surface area (Å²) in [5.41, 5.74) is 7.80. The Hall–Kier alpha value is -3.50. The number of nitrogens with zero attached hydrogens (tertiary/aromatic N) is 1. The monoisotopic (exact) mass is 522 g/mol. The van der Waals surface area contributed by atoms with Crippen molar-refractivity contribution in [2.45, 2.75) is 63.8 Å². The molecule has 3 aromatic carbocycles. The van der Waals surface area contributed by atoms with Gasteiger partial charge in [-0.05, 0) is 103 Å². The minimum atomic E-state index is -0.317. The lowest BCUT2D eigenvalue weighted by Gasteiger charge is -2.43. The molecule has 0 aromatic heterocycles. The van der Waals surface area contributed by atoms with Crippen LogP contribution in [-0.2, 0) is 5.41 Å². The minimum Gasteiger partial charge on any atom is -0.322 e. The van der Waals surface area contributed by atoms with Crippen molar-refractivity contribution in [3.63, 3.8) is 0 Å². The van der Waals surface area contributed by atoms with E-state index in [0.29, 0.717) is 23.2 Å². The molecule has 2 fully saturated rings. The molecule has 0 bridgehead atoms. The van der Waals surface area contributed by atoms with E-state index in [1.54, 1.807) is 12.1 Å². The lowest BCUT2D eigenvalue weighted by Crippen LogP contribution is -2.46. The summed E-state index contributed by atoms with van der Waals surface area (Å²) in [7, 11) is 0. The van der Waals surface area contributed by atoms with Gasteiger partial charge < -0.3 is 5.32 Å². The van der Waals surface area contributed by atoms with Crippen LogP contribution < -0.4 is 5.32 Å². The number of hydrogen-bond acceptors (Lipinski definition) is 2. The minimum absolute atomic E-state index is 0.00596. The van der Waals surface area contributed by atoms with Gasteiger partial charge >= 0.3 is 0 Å². The van der Waals surface area contributed by atoms with Gasteiger partial charge in [-0.15, -0.1) is 0 Å². The summed E-state index contributed by atoms with van der Waals surface area (Å²) in [5, 5.41) is 2.86. The fourth-order valence-corrected chi connectivity index (χ4v) is 6.75. The molecular weight excluding hydrogens is 483 g/mol. The number of piperidine rings is 1. The van der Waals surface area contributed by atoms with Gasteiger partial charge in [0.15, 0.2) is 0 Å². The van der Waals surface area contributed by atoms with Gasteiger partial charge in [0.2, 0.25) is 0 Å². The first-order valence-electron chi connectivity index (χ1n) is 14.3. The van der Waals surface area contributed by atoms with Crippen LogP contribution in [0.25, 0.3) is 6.08 Å². The Morgan fingerprint density at radius 2 is 1.82 bits per heavy atom. The number of aryl methyl sites for hydroxylation is 1. The standard InChI is InChI=1S/C33H33FN2O.C2H6/c1-22-19-26(32(37)35-28-11-9-27(34)10-12-28)8-14-30(22)25-7-13-29(20-25)36-18-17-33(23(2)21-36)16-15-24-5-3-4-6-31(24)33;1-2/h3-6,8-12,14-16,19,25,29H,2,7,13,17-18,20-21H2,1H3,(H,35,37);1-2H3. The number of hydrogen-bond donors (Lipinski definition) is 1. The van der Waals surface area contributed by atoms with Crippen LogP contribution in [0.4, 0.5) is 10.1 Å². The normalized spacial score (nSPS) is 23.8. The summed E-state index contributed by atoms with van der Waals surface area (Å²) < 4.78 is 13.2. The molecule has 3 aliphatic rings. The Morgan fingerprint density at radius 3 is 2.56 bits per heavy atom. The van der Waals surface area contributed by atoms with Crippen LogP contribution in [0.5, 0.6) is 0 Å². The topological polar surface area (TPSA) is 32.3 Å².